The molecule has 0 aromatic rings. The van der Waals surface area contributed by atoms with Crippen LogP contribution in [0.3, 0.4) is 0 Å². The quantitative estimate of drug-likeness (QED) is 0.702. The lowest BCUT2D eigenvalue weighted by molar-refractivity contribution is -0.124. The van der Waals surface area contributed by atoms with Crippen molar-refractivity contribution in [1.82, 2.24) is 14.9 Å². The van der Waals surface area contributed by atoms with Crippen LogP contribution in [0, 0.1) is 5.92 Å². The third-order valence-electron chi connectivity index (χ3n) is 4.58. The molecule has 3 atom stereocenters. The highest BCUT2D eigenvalue weighted by molar-refractivity contribution is 7.89. The van der Waals surface area contributed by atoms with Gasteiger partial charge in [0.25, 0.3) is 0 Å². The summed E-state index contributed by atoms with van der Waals surface area (Å²) in [5.41, 5.74) is 0. The number of hydrogen-bond acceptors (Lipinski definition) is 4. The van der Waals surface area contributed by atoms with Gasteiger partial charge in [0, 0.05) is 32.1 Å². The molecular formula is C12H21N3O3S. The minimum atomic E-state index is -3.17. The Hall–Kier alpha value is -0.660. The molecule has 3 aliphatic heterocycles. The van der Waals surface area contributed by atoms with Crippen LogP contribution < -0.4 is 10.6 Å². The van der Waals surface area contributed by atoms with E-state index in [1.54, 1.807) is 4.31 Å². The molecule has 3 fully saturated rings. The molecule has 3 heterocycles. The minimum Gasteiger partial charge on any atom is -0.353 e. The number of nitrogens with zero attached hydrogens (tertiary/aromatic N) is 1. The van der Waals surface area contributed by atoms with Crippen molar-refractivity contribution in [3.05, 3.63) is 0 Å². The molecule has 2 N–H and O–H groups in total. The van der Waals surface area contributed by atoms with Crippen molar-refractivity contribution in [1.29, 1.82) is 0 Å². The highest BCUT2D eigenvalue weighted by Crippen LogP contribution is 2.28. The van der Waals surface area contributed by atoms with E-state index in [1.165, 1.54) is 0 Å². The molecule has 3 unspecified atom stereocenters. The number of amides is 1. The first-order valence-corrected chi connectivity index (χ1v) is 8.57. The largest absolute Gasteiger partial charge is 0.353 e. The molecule has 0 saturated carbocycles. The zero-order chi connectivity index (χ0) is 13.5. The van der Waals surface area contributed by atoms with Crippen molar-refractivity contribution in [3.8, 4) is 0 Å². The number of rotatable bonds is 2. The Kier molecular flexibility index (Phi) is 3.53. The zero-order valence-corrected chi connectivity index (χ0v) is 11.8. The van der Waals surface area contributed by atoms with Crippen LogP contribution in [0.1, 0.15) is 25.7 Å². The average Bonchev–Trinajstić information content (AvgIpc) is 2.92. The summed E-state index contributed by atoms with van der Waals surface area (Å²) in [6.07, 6.45) is 2.80. The molecule has 0 aromatic heterocycles. The molecular weight excluding hydrogens is 266 g/mol. The van der Waals surface area contributed by atoms with Gasteiger partial charge < -0.3 is 10.6 Å². The van der Waals surface area contributed by atoms with Crippen molar-refractivity contribution >= 4 is 15.9 Å². The number of piperidine rings is 2. The molecule has 0 radical (unpaired) electrons. The van der Waals surface area contributed by atoms with E-state index in [2.05, 4.69) is 10.6 Å². The molecule has 3 aliphatic rings. The summed E-state index contributed by atoms with van der Waals surface area (Å²) in [6, 6.07) is 0.175. The highest BCUT2D eigenvalue weighted by atomic mass is 32.2. The van der Waals surface area contributed by atoms with Gasteiger partial charge >= 0.3 is 0 Å². The van der Waals surface area contributed by atoms with Crippen LogP contribution in [-0.4, -0.2) is 56.1 Å². The topological polar surface area (TPSA) is 78.5 Å². The highest BCUT2D eigenvalue weighted by Gasteiger charge is 2.41. The van der Waals surface area contributed by atoms with Gasteiger partial charge in [-0.25, -0.2) is 12.7 Å². The van der Waals surface area contributed by atoms with Gasteiger partial charge in [-0.1, -0.05) is 0 Å². The van der Waals surface area contributed by atoms with Crippen LogP contribution in [0.25, 0.3) is 0 Å². The Balaban J connectivity index is 1.69. The fraction of sp³-hybridized carbons (Fsp3) is 0.917. The molecule has 108 valence electrons. The summed E-state index contributed by atoms with van der Waals surface area (Å²) in [7, 11) is -3.17. The van der Waals surface area contributed by atoms with Gasteiger partial charge in [0.05, 0.1) is 5.25 Å². The van der Waals surface area contributed by atoms with Crippen LogP contribution in [0.4, 0.5) is 0 Å². The van der Waals surface area contributed by atoms with E-state index in [0.29, 0.717) is 32.5 Å². The molecule has 0 aliphatic carbocycles. The van der Waals surface area contributed by atoms with E-state index in [0.717, 1.165) is 19.4 Å². The fourth-order valence-electron chi connectivity index (χ4n) is 3.40. The maximum atomic E-state index is 12.5. The lowest BCUT2D eigenvalue weighted by Crippen LogP contribution is -2.56. The summed E-state index contributed by atoms with van der Waals surface area (Å²) in [4.78, 5) is 11.4. The average molecular weight is 287 g/mol. The van der Waals surface area contributed by atoms with Gasteiger partial charge in [-0.3, -0.25) is 4.79 Å². The van der Waals surface area contributed by atoms with Crippen molar-refractivity contribution in [2.75, 3.05) is 26.2 Å². The molecule has 3 saturated heterocycles. The second-order valence-corrected chi connectivity index (χ2v) is 7.99. The van der Waals surface area contributed by atoms with Gasteiger partial charge in [-0.05, 0) is 31.7 Å². The van der Waals surface area contributed by atoms with E-state index < -0.39 is 10.0 Å². The van der Waals surface area contributed by atoms with Crippen molar-refractivity contribution in [3.63, 3.8) is 0 Å². The minimum absolute atomic E-state index is 0.109. The third kappa shape index (κ3) is 2.51. The molecule has 6 nitrogen and oxygen atoms in total. The lowest BCUT2D eigenvalue weighted by Gasteiger charge is -2.41. The Labute approximate surface area is 114 Å². The number of fused-ring (bicyclic) bond motifs is 1. The van der Waals surface area contributed by atoms with E-state index in [9.17, 15) is 13.2 Å². The van der Waals surface area contributed by atoms with Crippen LogP contribution in [0.2, 0.25) is 0 Å². The van der Waals surface area contributed by atoms with Crippen LogP contribution >= 0.6 is 0 Å². The van der Waals surface area contributed by atoms with Crippen molar-refractivity contribution < 1.29 is 13.2 Å². The second kappa shape index (κ2) is 5.03. The summed E-state index contributed by atoms with van der Waals surface area (Å²) in [5.74, 6) is 0.396. The third-order valence-corrected chi connectivity index (χ3v) is 6.88. The number of sulfonamides is 1. The van der Waals surface area contributed by atoms with Crippen LogP contribution in [-0.2, 0) is 14.8 Å². The number of carbonyl (C=O) groups is 1. The summed E-state index contributed by atoms with van der Waals surface area (Å²) in [6.45, 7) is 2.48. The monoisotopic (exact) mass is 287 g/mol. The number of nitrogens with one attached hydrogen (secondary N) is 2. The fourth-order valence-corrected chi connectivity index (χ4v) is 5.33. The molecule has 3 rings (SSSR count). The Morgan fingerprint density at radius 2 is 2.05 bits per heavy atom. The van der Waals surface area contributed by atoms with Gasteiger partial charge in [0.15, 0.2) is 0 Å². The normalized spacial score (nSPS) is 36.8. The summed E-state index contributed by atoms with van der Waals surface area (Å²) >= 11 is 0. The standard InChI is InChI=1S/C12H21N3O3S/c16-12-2-1-9-8-15(6-4-11(9)14-12)19(17,18)10-3-5-13-7-10/h9-11,13H,1-8H2,(H,14,16). The maximum absolute atomic E-state index is 12.5. The molecule has 0 spiro atoms. The summed E-state index contributed by atoms with van der Waals surface area (Å²) in [5, 5.41) is 5.84. The Bertz CT molecular complexity index is 459. The second-order valence-electron chi connectivity index (χ2n) is 5.78. The molecule has 7 heteroatoms. The van der Waals surface area contributed by atoms with Crippen LogP contribution in [0.15, 0.2) is 0 Å². The molecule has 19 heavy (non-hydrogen) atoms. The first-order valence-electron chi connectivity index (χ1n) is 7.06. The van der Waals surface area contributed by atoms with Crippen molar-refractivity contribution in [2.24, 2.45) is 5.92 Å². The van der Waals surface area contributed by atoms with E-state index in [-0.39, 0.29) is 23.1 Å². The van der Waals surface area contributed by atoms with Gasteiger partial charge in [0.2, 0.25) is 15.9 Å². The molecule has 1 amide bonds. The molecule has 0 bridgehead atoms. The Morgan fingerprint density at radius 1 is 1.21 bits per heavy atom. The Morgan fingerprint density at radius 3 is 2.79 bits per heavy atom. The first kappa shape index (κ1) is 13.3. The number of hydrogen-bond donors (Lipinski definition) is 2. The SMILES string of the molecule is O=C1CCC2CN(S(=O)(=O)C3CCNC3)CCC2N1. The first-order chi connectivity index (χ1) is 9.07. The van der Waals surface area contributed by atoms with E-state index >= 15 is 0 Å². The maximum Gasteiger partial charge on any atom is 0.220 e. The number of carbonyl (C=O) groups excluding carboxylic acids is 1. The van der Waals surface area contributed by atoms with Crippen molar-refractivity contribution in [2.45, 2.75) is 37.0 Å². The molecule has 0 aromatic carbocycles. The van der Waals surface area contributed by atoms with Crippen LogP contribution in [0.5, 0.6) is 0 Å². The zero-order valence-electron chi connectivity index (χ0n) is 11.0. The van der Waals surface area contributed by atoms with E-state index in [4.69, 9.17) is 0 Å². The smallest absolute Gasteiger partial charge is 0.220 e. The van der Waals surface area contributed by atoms with Gasteiger partial charge in [-0.15, -0.1) is 0 Å². The lowest BCUT2D eigenvalue weighted by atomic mass is 9.86. The predicted molar refractivity (Wildman–Crippen MR) is 71.0 cm³/mol. The summed E-state index contributed by atoms with van der Waals surface area (Å²) < 4.78 is 26.7. The van der Waals surface area contributed by atoms with Gasteiger partial charge in [-0.2, -0.15) is 0 Å². The van der Waals surface area contributed by atoms with E-state index in [1.807, 2.05) is 0 Å². The predicted octanol–water partition coefficient (Wildman–Crippen LogP) is -0.721. The van der Waals surface area contributed by atoms with Gasteiger partial charge in [0.1, 0.15) is 0 Å².